The van der Waals surface area contributed by atoms with E-state index in [0.717, 1.165) is 26.1 Å². The summed E-state index contributed by atoms with van der Waals surface area (Å²) in [6, 6.07) is 8.37. The normalized spacial score (nSPS) is 33.2. The van der Waals surface area contributed by atoms with Crippen molar-refractivity contribution in [2.75, 3.05) is 18.5 Å². The Morgan fingerprint density at radius 1 is 1.31 bits per heavy atom. The summed E-state index contributed by atoms with van der Waals surface area (Å²) < 4.78 is 5.40. The van der Waals surface area contributed by atoms with E-state index in [1.165, 1.54) is 11.3 Å². The smallest absolute Gasteiger partial charge is 0.0785 e. The van der Waals surface area contributed by atoms with Gasteiger partial charge in [0.15, 0.2) is 0 Å². The molecule has 3 rings (SSSR count). The number of anilines is 1. The Morgan fingerprint density at radius 2 is 2.19 bits per heavy atom. The van der Waals surface area contributed by atoms with Crippen LogP contribution in [0.5, 0.6) is 0 Å². The highest BCUT2D eigenvalue weighted by Gasteiger charge is 2.34. The van der Waals surface area contributed by atoms with Crippen LogP contribution in [0.2, 0.25) is 0 Å². The summed E-state index contributed by atoms with van der Waals surface area (Å²) in [4.78, 5) is 0. The van der Waals surface area contributed by atoms with E-state index in [1.54, 1.807) is 0 Å². The van der Waals surface area contributed by atoms with Gasteiger partial charge in [0.2, 0.25) is 0 Å². The minimum atomic E-state index is -0.290. The Labute approximate surface area is 95.4 Å². The first kappa shape index (κ1) is 10.1. The van der Waals surface area contributed by atoms with Crippen LogP contribution in [0.4, 0.5) is 5.69 Å². The highest BCUT2D eigenvalue weighted by atomic mass is 16.5. The maximum atomic E-state index is 10.2. The van der Waals surface area contributed by atoms with Gasteiger partial charge in [-0.25, -0.2) is 0 Å². The van der Waals surface area contributed by atoms with Crippen LogP contribution in [0.1, 0.15) is 12.0 Å². The standard InChI is InChI=1S/C13H17NO2/c15-12-7-9-3-1-2-4-11(9)14-13(12)10-5-6-16-8-10/h1-4,10,12-15H,5-8H2. The van der Waals surface area contributed by atoms with Crippen LogP contribution in [-0.2, 0) is 11.2 Å². The van der Waals surface area contributed by atoms with Crippen molar-refractivity contribution >= 4 is 5.69 Å². The Balaban J connectivity index is 1.83. The second-order valence-corrected chi connectivity index (χ2v) is 4.72. The molecule has 2 aliphatic rings. The second-order valence-electron chi connectivity index (χ2n) is 4.72. The molecule has 0 spiro atoms. The molecule has 2 aliphatic heterocycles. The minimum absolute atomic E-state index is 0.150. The lowest BCUT2D eigenvalue weighted by atomic mass is 9.87. The molecule has 1 aromatic carbocycles. The van der Waals surface area contributed by atoms with Crippen molar-refractivity contribution < 1.29 is 9.84 Å². The van der Waals surface area contributed by atoms with Crippen molar-refractivity contribution in [3.05, 3.63) is 29.8 Å². The van der Waals surface area contributed by atoms with Crippen molar-refractivity contribution in [2.45, 2.75) is 25.0 Å². The van der Waals surface area contributed by atoms with Crippen LogP contribution < -0.4 is 5.32 Å². The number of benzene rings is 1. The molecule has 0 aliphatic carbocycles. The maximum Gasteiger partial charge on any atom is 0.0785 e. The summed E-state index contributed by atoms with van der Waals surface area (Å²) in [5.41, 5.74) is 2.38. The molecule has 0 bridgehead atoms. The molecule has 16 heavy (non-hydrogen) atoms. The average molecular weight is 219 g/mol. The molecule has 0 amide bonds. The van der Waals surface area contributed by atoms with Crippen LogP contribution in [0.15, 0.2) is 24.3 Å². The fraction of sp³-hybridized carbons (Fsp3) is 0.538. The third-order valence-electron chi connectivity index (χ3n) is 3.66. The molecular formula is C13H17NO2. The number of nitrogens with one attached hydrogen (secondary N) is 1. The summed E-state index contributed by atoms with van der Waals surface area (Å²) in [6.07, 6.45) is 1.52. The molecule has 0 radical (unpaired) electrons. The van der Waals surface area contributed by atoms with Crippen LogP contribution in [0, 0.1) is 5.92 Å². The molecule has 1 fully saturated rings. The van der Waals surface area contributed by atoms with Gasteiger partial charge < -0.3 is 15.2 Å². The van der Waals surface area contributed by atoms with Gasteiger partial charge in [-0.3, -0.25) is 0 Å². The number of para-hydroxylation sites is 1. The first-order valence-corrected chi connectivity index (χ1v) is 5.95. The second kappa shape index (κ2) is 4.07. The molecule has 2 N–H and O–H groups in total. The molecule has 86 valence electrons. The van der Waals surface area contributed by atoms with Crippen molar-refractivity contribution in [3.8, 4) is 0 Å². The maximum absolute atomic E-state index is 10.2. The minimum Gasteiger partial charge on any atom is -0.391 e. The molecule has 0 saturated carbocycles. The molecule has 3 atom stereocenters. The van der Waals surface area contributed by atoms with Gasteiger partial charge in [0, 0.05) is 24.6 Å². The van der Waals surface area contributed by atoms with Gasteiger partial charge in [-0.1, -0.05) is 18.2 Å². The van der Waals surface area contributed by atoms with E-state index in [0.29, 0.717) is 5.92 Å². The first-order chi connectivity index (χ1) is 7.84. The fourth-order valence-electron chi connectivity index (χ4n) is 2.74. The van der Waals surface area contributed by atoms with Crippen molar-refractivity contribution in [3.63, 3.8) is 0 Å². The molecule has 0 aromatic heterocycles. The summed E-state index contributed by atoms with van der Waals surface area (Å²) >= 11 is 0. The number of aliphatic hydroxyl groups is 1. The summed E-state index contributed by atoms with van der Waals surface area (Å²) in [7, 11) is 0. The zero-order chi connectivity index (χ0) is 11.0. The highest BCUT2D eigenvalue weighted by molar-refractivity contribution is 5.54. The van der Waals surface area contributed by atoms with Crippen LogP contribution in [-0.4, -0.2) is 30.5 Å². The Kier molecular flexibility index (Phi) is 2.58. The van der Waals surface area contributed by atoms with Crippen molar-refractivity contribution in [1.29, 1.82) is 0 Å². The zero-order valence-corrected chi connectivity index (χ0v) is 9.23. The third kappa shape index (κ3) is 1.70. The monoisotopic (exact) mass is 219 g/mol. The zero-order valence-electron chi connectivity index (χ0n) is 9.23. The first-order valence-electron chi connectivity index (χ1n) is 5.95. The summed E-state index contributed by atoms with van der Waals surface area (Å²) in [5.74, 6) is 0.448. The topological polar surface area (TPSA) is 41.5 Å². The molecule has 3 heteroatoms. The van der Waals surface area contributed by atoms with E-state index in [2.05, 4.69) is 17.4 Å². The molecule has 1 saturated heterocycles. The number of fused-ring (bicyclic) bond motifs is 1. The largest absolute Gasteiger partial charge is 0.391 e. The molecular weight excluding hydrogens is 202 g/mol. The lowest BCUT2D eigenvalue weighted by Crippen LogP contribution is -2.44. The lowest BCUT2D eigenvalue weighted by Gasteiger charge is -2.34. The average Bonchev–Trinajstić information content (AvgIpc) is 2.81. The molecule has 3 nitrogen and oxygen atoms in total. The van der Waals surface area contributed by atoms with Crippen LogP contribution in [0.3, 0.4) is 0 Å². The summed E-state index contributed by atoms with van der Waals surface area (Å²) in [5, 5.41) is 13.6. The summed E-state index contributed by atoms with van der Waals surface area (Å²) in [6.45, 7) is 1.61. The Morgan fingerprint density at radius 3 is 3.00 bits per heavy atom. The van der Waals surface area contributed by atoms with Gasteiger partial charge in [-0.15, -0.1) is 0 Å². The van der Waals surface area contributed by atoms with E-state index in [4.69, 9.17) is 4.74 Å². The molecule has 2 heterocycles. The van der Waals surface area contributed by atoms with Gasteiger partial charge >= 0.3 is 0 Å². The van der Waals surface area contributed by atoms with Gasteiger partial charge in [0.1, 0.15) is 0 Å². The quantitative estimate of drug-likeness (QED) is 0.750. The van der Waals surface area contributed by atoms with Gasteiger partial charge in [0.05, 0.1) is 18.8 Å². The number of rotatable bonds is 1. The van der Waals surface area contributed by atoms with Gasteiger partial charge in [0.25, 0.3) is 0 Å². The predicted molar refractivity (Wildman–Crippen MR) is 62.5 cm³/mol. The van der Waals surface area contributed by atoms with Crippen molar-refractivity contribution in [2.24, 2.45) is 5.92 Å². The van der Waals surface area contributed by atoms with Crippen LogP contribution in [0.25, 0.3) is 0 Å². The van der Waals surface area contributed by atoms with Gasteiger partial charge in [-0.2, -0.15) is 0 Å². The number of aliphatic hydroxyl groups excluding tert-OH is 1. The van der Waals surface area contributed by atoms with E-state index in [9.17, 15) is 5.11 Å². The highest BCUT2D eigenvalue weighted by Crippen LogP contribution is 2.30. The fourth-order valence-corrected chi connectivity index (χ4v) is 2.74. The van der Waals surface area contributed by atoms with Gasteiger partial charge in [-0.05, 0) is 18.1 Å². The van der Waals surface area contributed by atoms with E-state index < -0.39 is 0 Å². The Hall–Kier alpha value is -1.06. The molecule has 1 aromatic rings. The lowest BCUT2D eigenvalue weighted by molar-refractivity contribution is 0.111. The number of hydrogen-bond donors (Lipinski definition) is 2. The van der Waals surface area contributed by atoms with Crippen molar-refractivity contribution in [1.82, 2.24) is 0 Å². The number of ether oxygens (including phenoxy) is 1. The van der Waals surface area contributed by atoms with E-state index in [-0.39, 0.29) is 12.1 Å². The van der Waals surface area contributed by atoms with E-state index >= 15 is 0 Å². The Bertz CT molecular complexity index is 374. The number of hydrogen-bond acceptors (Lipinski definition) is 3. The molecule has 3 unspecified atom stereocenters. The third-order valence-corrected chi connectivity index (χ3v) is 3.66. The van der Waals surface area contributed by atoms with Crippen LogP contribution >= 0.6 is 0 Å². The predicted octanol–water partition coefficient (Wildman–Crippen LogP) is 1.42. The SMILES string of the molecule is OC1Cc2ccccc2NC1C1CCOC1. The van der Waals surface area contributed by atoms with E-state index in [1.807, 2.05) is 12.1 Å².